The monoisotopic (exact) mass is 290 g/mol. The highest BCUT2D eigenvalue weighted by molar-refractivity contribution is 9.10. The summed E-state index contributed by atoms with van der Waals surface area (Å²) < 4.78 is 7.22. The number of hydrogen-bond acceptors (Lipinski definition) is 3. The lowest BCUT2D eigenvalue weighted by molar-refractivity contribution is 0.0602. The molecule has 6 heteroatoms. The fourth-order valence-electron chi connectivity index (χ4n) is 1.26. The summed E-state index contributed by atoms with van der Waals surface area (Å²) >= 11 is 3.31. The van der Waals surface area contributed by atoms with Crippen LogP contribution in [0.5, 0.6) is 0 Å². The number of aromatic nitrogens is 2. The molecule has 0 unspecified atom stereocenters. The summed E-state index contributed by atoms with van der Waals surface area (Å²) in [5, 5.41) is 0. The predicted molar refractivity (Wildman–Crippen MR) is 61.5 cm³/mol. The highest BCUT2D eigenvalue weighted by Crippen LogP contribution is 2.17. The number of pyridine rings is 1. The zero-order valence-corrected chi connectivity index (χ0v) is 10.2. The van der Waals surface area contributed by atoms with Crippen molar-refractivity contribution < 1.29 is 9.53 Å². The maximum absolute atomic E-state index is 11.4. The summed E-state index contributed by atoms with van der Waals surface area (Å²) in [6.07, 6.45) is 5.23. The Hall–Kier alpha value is -1.07. The van der Waals surface area contributed by atoms with Gasteiger partial charge < -0.3 is 9.14 Å². The number of methoxy groups -OCH3 is 1. The first-order valence-electron chi connectivity index (χ1n) is 3.93. The minimum Gasteiger partial charge on any atom is -0.465 e. The lowest BCUT2D eigenvalue weighted by atomic mass is 10.3. The zero-order chi connectivity index (χ0) is 10.1. The third-order valence-corrected chi connectivity index (χ3v) is 2.29. The molecule has 0 aliphatic carbocycles. The van der Waals surface area contributed by atoms with Crippen LogP contribution in [-0.4, -0.2) is 22.5 Å². The standard InChI is InChI=1S/C9H7BrN2O2.ClH/c1-14-9(13)7-4-6(10)5-12-3-2-11-8(7)12;/h2-5H,1H3;1H. The molecule has 0 fully saturated rings. The Morgan fingerprint density at radius 2 is 2.33 bits per heavy atom. The molecule has 15 heavy (non-hydrogen) atoms. The molecule has 2 heterocycles. The molecule has 0 saturated heterocycles. The average molecular weight is 292 g/mol. The van der Waals surface area contributed by atoms with E-state index in [1.54, 1.807) is 22.9 Å². The zero-order valence-electron chi connectivity index (χ0n) is 7.81. The quantitative estimate of drug-likeness (QED) is 0.757. The van der Waals surface area contributed by atoms with Crippen molar-refractivity contribution in [2.45, 2.75) is 0 Å². The van der Waals surface area contributed by atoms with E-state index in [2.05, 4.69) is 25.7 Å². The number of imidazole rings is 1. The highest BCUT2D eigenvalue weighted by Gasteiger charge is 2.12. The molecule has 0 aromatic carbocycles. The van der Waals surface area contributed by atoms with Crippen molar-refractivity contribution in [3.63, 3.8) is 0 Å². The summed E-state index contributed by atoms with van der Waals surface area (Å²) in [5.74, 6) is -0.387. The van der Waals surface area contributed by atoms with Crippen LogP contribution in [0.3, 0.4) is 0 Å². The van der Waals surface area contributed by atoms with Gasteiger partial charge in [-0.15, -0.1) is 12.4 Å². The molecule has 0 aliphatic rings. The molecule has 4 nitrogen and oxygen atoms in total. The number of carbonyl (C=O) groups is 1. The number of ether oxygens (including phenoxy) is 1. The van der Waals surface area contributed by atoms with E-state index in [0.29, 0.717) is 11.2 Å². The molecule has 2 aromatic rings. The van der Waals surface area contributed by atoms with Gasteiger partial charge in [0.2, 0.25) is 0 Å². The van der Waals surface area contributed by atoms with Gasteiger partial charge in [-0.2, -0.15) is 0 Å². The smallest absolute Gasteiger partial charge is 0.341 e. The molecule has 2 rings (SSSR count). The van der Waals surface area contributed by atoms with Crippen molar-refractivity contribution in [1.29, 1.82) is 0 Å². The number of rotatable bonds is 1. The Kier molecular flexibility index (Phi) is 3.71. The second-order valence-corrected chi connectivity index (χ2v) is 3.64. The number of carbonyl (C=O) groups excluding carboxylic acids is 1. The van der Waals surface area contributed by atoms with E-state index < -0.39 is 0 Å². The van der Waals surface area contributed by atoms with E-state index in [-0.39, 0.29) is 18.4 Å². The van der Waals surface area contributed by atoms with Gasteiger partial charge in [0.05, 0.1) is 7.11 Å². The van der Waals surface area contributed by atoms with Crippen LogP contribution in [-0.2, 0) is 4.74 Å². The summed E-state index contributed by atoms with van der Waals surface area (Å²) in [6.45, 7) is 0. The number of fused-ring (bicyclic) bond motifs is 1. The number of esters is 1. The third kappa shape index (κ3) is 2.13. The molecular formula is C9H8BrClN2O2. The summed E-state index contributed by atoms with van der Waals surface area (Å²) in [7, 11) is 1.35. The molecule has 0 atom stereocenters. The maximum atomic E-state index is 11.4. The van der Waals surface area contributed by atoms with Crippen LogP contribution in [0, 0.1) is 0 Å². The van der Waals surface area contributed by atoms with Gasteiger partial charge >= 0.3 is 5.97 Å². The molecule has 0 bridgehead atoms. The van der Waals surface area contributed by atoms with Gasteiger partial charge in [-0.1, -0.05) is 0 Å². The fourth-order valence-corrected chi connectivity index (χ4v) is 1.71. The normalized spacial score (nSPS) is 9.73. The van der Waals surface area contributed by atoms with Gasteiger partial charge in [0.15, 0.2) is 5.65 Å². The number of nitrogens with zero attached hydrogens (tertiary/aromatic N) is 2. The first-order chi connectivity index (χ1) is 6.72. The molecule has 80 valence electrons. The van der Waals surface area contributed by atoms with Crippen LogP contribution in [0.1, 0.15) is 10.4 Å². The van der Waals surface area contributed by atoms with Gasteiger partial charge in [0.25, 0.3) is 0 Å². The van der Waals surface area contributed by atoms with E-state index in [1.165, 1.54) is 7.11 Å². The van der Waals surface area contributed by atoms with Gasteiger partial charge in [0.1, 0.15) is 5.56 Å². The molecule has 0 radical (unpaired) electrons. The lowest BCUT2D eigenvalue weighted by Crippen LogP contribution is -2.04. The summed E-state index contributed by atoms with van der Waals surface area (Å²) in [6, 6.07) is 1.69. The predicted octanol–water partition coefficient (Wildman–Crippen LogP) is 2.31. The van der Waals surface area contributed by atoms with Crippen LogP contribution >= 0.6 is 28.3 Å². The van der Waals surface area contributed by atoms with E-state index in [0.717, 1.165) is 4.47 Å². The molecule has 0 N–H and O–H groups in total. The van der Waals surface area contributed by atoms with Crippen molar-refractivity contribution in [2.24, 2.45) is 0 Å². The molecule has 0 saturated carbocycles. The van der Waals surface area contributed by atoms with Gasteiger partial charge in [0, 0.05) is 23.1 Å². The van der Waals surface area contributed by atoms with Crippen LogP contribution in [0.2, 0.25) is 0 Å². The summed E-state index contributed by atoms with van der Waals surface area (Å²) in [5.41, 5.74) is 1.05. The molecule has 0 spiro atoms. The van der Waals surface area contributed by atoms with Crippen LogP contribution in [0.15, 0.2) is 29.1 Å². The van der Waals surface area contributed by atoms with E-state index in [1.807, 2.05) is 6.20 Å². The van der Waals surface area contributed by atoms with Crippen molar-refractivity contribution in [1.82, 2.24) is 9.38 Å². The maximum Gasteiger partial charge on any atom is 0.341 e. The highest BCUT2D eigenvalue weighted by atomic mass is 79.9. The molecule has 0 amide bonds. The minimum absolute atomic E-state index is 0. The Bertz CT molecular complexity index is 498. The van der Waals surface area contributed by atoms with E-state index in [4.69, 9.17) is 0 Å². The topological polar surface area (TPSA) is 43.6 Å². The average Bonchev–Trinajstić information content (AvgIpc) is 2.62. The Balaban J connectivity index is 0.00000112. The van der Waals surface area contributed by atoms with Crippen molar-refractivity contribution in [3.8, 4) is 0 Å². The Morgan fingerprint density at radius 1 is 1.60 bits per heavy atom. The minimum atomic E-state index is -0.387. The fraction of sp³-hybridized carbons (Fsp3) is 0.111. The Morgan fingerprint density at radius 3 is 3.00 bits per heavy atom. The second kappa shape index (κ2) is 4.63. The van der Waals surface area contributed by atoms with E-state index >= 15 is 0 Å². The molecule has 2 aromatic heterocycles. The van der Waals surface area contributed by atoms with Gasteiger partial charge in [-0.05, 0) is 22.0 Å². The van der Waals surface area contributed by atoms with Crippen LogP contribution in [0.25, 0.3) is 5.65 Å². The lowest BCUT2D eigenvalue weighted by Gasteiger charge is -2.02. The van der Waals surface area contributed by atoms with Crippen molar-refractivity contribution in [2.75, 3.05) is 7.11 Å². The second-order valence-electron chi connectivity index (χ2n) is 2.72. The van der Waals surface area contributed by atoms with Gasteiger partial charge in [-0.25, -0.2) is 9.78 Å². The first kappa shape index (κ1) is 12.0. The van der Waals surface area contributed by atoms with E-state index in [9.17, 15) is 4.79 Å². The van der Waals surface area contributed by atoms with Crippen LogP contribution in [0.4, 0.5) is 0 Å². The molecule has 0 aliphatic heterocycles. The number of halogens is 2. The van der Waals surface area contributed by atoms with Crippen molar-refractivity contribution >= 4 is 40.0 Å². The third-order valence-electron chi connectivity index (χ3n) is 1.86. The largest absolute Gasteiger partial charge is 0.465 e. The molecular weight excluding hydrogens is 283 g/mol. The number of hydrogen-bond donors (Lipinski definition) is 0. The summed E-state index contributed by atoms with van der Waals surface area (Å²) in [4.78, 5) is 15.5. The SMILES string of the molecule is COC(=O)c1cc(Br)cn2ccnc12.Cl. The van der Waals surface area contributed by atoms with Gasteiger partial charge in [-0.3, -0.25) is 0 Å². The Labute approximate surface area is 101 Å². The van der Waals surface area contributed by atoms with Crippen LogP contribution < -0.4 is 0 Å². The first-order valence-corrected chi connectivity index (χ1v) is 4.72. The van der Waals surface area contributed by atoms with Crippen molar-refractivity contribution in [3.05, 3.63) is 34.7 Å².